The third-order valence-electron chi connectivity index (χ3n) is 4.46. The molecule has 0 spiro atoms. The summed E-state index contributed by atoms with van der Waals surface area (Å²) in [6.45, 7) is 4.22. The van der Waals surface area contributed by atoms with Crippen LogP contribution in [-0.2, 0) is 0 Å². The van der Waals surface area contributed by atoms with Crippen LogP contribution in [0.3, 0.4) is 0 Å². The summed E-state index contributed by atoms with van der Waals surface area (Å²) in [5, 5.41) is 18.3. The number of nitrogens with zero attached hydrogens (tertiary/aromatic N) is 5. The Morgan fingerprint density at radius 1 is 1.09 bits per heavy atom. The van der Waals surface area contributed by atoms with Crippen molar-refractivity contribution in [2.75, 3.05) is 24.0 Å². The molecule has 0 radical (unpaired) electrons. The number of hydrogen-bond acceptors (Lipinski definition) is 8. The van der Waals surface area contributed by atoms with Crippen molar-refractivity contribution in [1.29, 1.82) is 0 Å². The van der Waals surface area contributed by atoms with E-state index in [4.69, 9.17) is 11.6 Å². The summed E-state index contributed by atoms with van der Waals surface area (Å²) in [4.78, 5) is 27.5. The summed E-state index contributed by atoms with van der Waals surface area (Å²) in [5.74, 6) is -0.459. The number of nitrogens with one attached hydrogen (secondary N) is 2. The largest absolute Gasteiger partial charge is 0.338 e. The molecular formula is C20H16ClFN7O2P. The molecule has 2 aromatic heterocycles. The van der Waals surface area contributed by atoms with Gasteiger partial charge in [-0.1, -0.05) is 19.5 Å². The van der Waals surface area contributed by atoms with Gasteiger partial charge in [0.25, 0.3) is 0 Å². The minimum Gasteiger partial charge on any atom is -0.338 e. The van der Waals surface area contributed by atoms with E-state index in [-0.39, 0.29) is 16.7 Å². The standard InChI is InChI=1S/C20H16ClFN7O2P/c1-32(2)18-15(6-5-14-17(18)24-8-7-23-14)27-19-12(21)10-25-20(28-19)26-11-3-4-13(22)16(9-11)29(30)31/h3-10H,1-2H3,(H2,25,26,27,28). The van der Waals surface area contributed by atoms with Crippen molar-refractivity contribution in [3.8, 4) is 0 Å². The van der Waals surface area contributed by atoms with Gasteiger partial charge in [0.05, 0.1) is 22.2 Å². The summed E-state index contributed by atoms with van der Waals surface area (Å²) in [6.07, 6.45) is 4.69. The average molecular weight is 472 g/mol. The van der Waals surface area contributed by atoms with E-state index in [1.807, 2.05) is 12.1 Å². The number of anilines is 4. The van der Waals surface area contributed by atoms with Crippen molar-refractivity contribution in [2.24, 2.45) is 0 Å². The van der Waals surface area contributed by atoms with E-state index in [1.165, 1.54) is 12.3 Å². The Morgan fingerprint density at radius 2 is 1.88 bits per heavy atom. The molecule has 0 saturated carbocycles. The van der Waals surface area contributed by atoms with Gasteiger partial charge in [-0.05, 0) is 37.6 Å². The summed E-state index contributed by atoms with van der Waals surface area (Å²) in [6, 6.07) is 7.18. The van der Waals surface area contributed by atoms with Gasteiger partial charge >= 0.3 is 5.69 Å². The third-order valence-corrected chi connectivity index (χ3v) is 6.08. The van der Waals surface area contributed by atoms with Gasteiger partial charge < -0.3 is 10.6 Å². The van der Waals surface area contributed by atoms with E-state index in [1.54, 1.807) is 12.4 Å². The topological polar surface area (TPSA) is 119 Å². The lowest BCUT2D eigenvalue weighted by atomic mass is 10.2. The highest BCUT2D eigenvalue weighted by atomic mass is 35.5. The summed E-state index contributed by atoms with van der Waals surface area (Å²) >= 11 is 6.31. The zero-order valence-corrected chi connectivity index (χ0v) is 18.5. The van der Waals surface area contributed by atoms with Crippen LogP contribution in [-0.4, -0.2) is 38.2 Å². The highest BCUT2D eigenvalue weighted by molar-refractivity contribution is 7.65. The predicted octanol–water partition coefficient (Wildman–Crippen LogP) is 4.97. The van der Waals surface area contributed by atoms with Crippen LogP contribution in [0.15, 0.2) is 48.9 Å². The Kier molecular flexibility index (Phi) is 6.07. The van der Waals surface area contributed by atoms with Crippen molar-refractivity contribution in [2.45, 2.75) is 0 Å². The van der Waals surface area contributed by atoms with Gasteiger partial charge in [0, 0.05) is 35.1 Å². The van der Waals surface area contributed by atoms with Gasteiger partial charge in [-0.3, -0.25) is 20.1 Å². The Labute approximate surface area is 188 Å². The molecule has 2 N–H and O–H groups in total. The van der Waals surface area contributed by atoms with Gasteiger partial charge in [-0.2, -0.15) is 9.37 Å². The highest BCUT2D eigenvalue weighted by Gasteiger charge is 2.17. The molecule has 32 heavy (non-hydrogen) atoms. The van der Waals surface area contributed by atoms with Crippen LogP contribution < -0.4 is 15.9 Å². The van der Waals surface area contributed by atoms with E-state index in [0.29, 0.717) is 5.82 Å². The second kappa shape index (κ2) is 8.94. The zero-order valence-electron chi connectivity index (χ0n) is 16.9. The molecule has 4 rings (SSSR count). The Hall–Kier alpha value is -3.49. The molecule has 0 aliphatic carbocycles. The second-order valence-corrected chi connectivity index (χ2v) is 9.49. The number of halogens is 2. The van der Waals surface area contributed by atoms with Crippen LogP contribution in [0.1, 0.15) is 0 Å². The first-order valence-corrected chi connectivity index (χ1v) is 11.9. The number of nitro benzene ring substituents is 1. The molecule has 0 bridgehead atoms. The minimum absolute atomic E-state index is 0.134. The lowest BCUT2D eigenvalue weighted by molar-refractivity contribution is -0.387. The predicted molar refractivity (Wildman–Crippen MR) is 125 cm³/mol. The molecule has 2 heterocycles. The van der Waals surface area contributed by atoms with Crippen molar-refractivity contribution < 1.29 is 9.31 Å². The van der Waals surface area contributed by atoms with Gasteiger partial charge in [0.15, 0.2) is 5.82 Å². The van der Waals surface area contributed by atoms with E-state index in [0.717, 1.165) is 34.2 Å². The van der Waals surface area contributed by atoms with Crippen LogP contribution in [0.5, 0.6) is 0 Å². The fourth-order valence-corrected chi connectivity index (χ4v) is 4.42. The first-order valence-electron chi connectivity index (χ1n) is 9.25. The Balaban J connectivity index is 1.68. The monoisotopic (exact) mass is 471 g/mol. The number of aromatic nitrogens is 4. The Morgan fingerprint density at radius 3 is 2.62 bits per heavy atom. The molecule has 2 aromatic carbocycles. The number of rotatable bonds is 6. The maximum atomic E-state index is 13.6. The number of nitro groups is 1. The molecule has 0 unspecified atom stereocenters. The molecule has 0 atom stereocenters. The quantitative estimate of drug-likeness (QED) is 0.230. The average Bonchev–Trinajstić information content (AvgIpc) is 2.76. The van der Waals surface area contributed by atoms with Crippen LogP contribution in [0, 0.1) is 15.9 Å². The normalized spacial score (nSPS) is 11.0. The number of fused-ring (bicyclic) bond motifs is 1. The summed E-state index contributed by atoms with van der Waals surface area (Å²) in [7, 11) is -0.549. The second-order valence-electron chi connectivity index (χ2n) is 6.84. The molecular weight excluding hydrogens is 456 g/mol. The molecule has 0 aliphatic heterocycles. The van der Waals surface area contributed by atoms with Gasteiger partial charge in [0.1, 0.15) is 5.02 Å². The van der Waals surface area contributed by atoms with Crippen LogP contribution in [0.4, 0.5) is 33.2 Å². The lowest BCUT2D eigenvalue weighted by Crippen LogP contribution is -2.12. The fourth-order valence-electron chi connectivity index (χ4n) is 3.08. The molecule has 0 aliphatic rings. The maximum Gasteiger partial charge on any atom is 0.306 e. The number of hydrogen-bond donors (Lipinski definition) is 2. The minimum atomic E-state index is -0.928. The first kappa shape index (κ1) is 21.7. The van der Waals surface area contributed by atoms with Crippen molar-refractivity contribution in [3.05, 3.63) is 69.9 Å². The molecule has 0 saturated heterocycles. The molecule has 0 fully saturated rings. The Bertz CT molecular complexity index is 1340. The zero-order chi connectivity index (χ0) is 22.8. The molecule has 4 aromatic rings. The summed E-state index contributed by atoms with van der Waals surface area (Å²) in [5.41, 5.74) is 1.99. The smallest absolute Gasteiger partial charge is 0.306 e. The summed E-state index contributed by atoms with van der Waals surface area (Å²) < 4.78 is 13.6. The van der Waals surface area contributed by atoms with Crippen LogP contribution in [0.25, 0.3) is 11.0 Å². The van der Waals surface area contributed by atoms with Gasteiger partial charge in [-0.15, -0.1) is 0 Å². The molecule has 12 heteroatoms. The molecule has 9 nitrogen and oxygen atoms in total. The third kappa shape index (κ3) is 4.42. The van der Waals surface area contributed by atoms with Gasteiger partial charge in [0.2, 0.25) is 11.8 Å². The van der Waals surface area contributed by atoms with Crippen molar-refractivity contribution in [1.82, 2.24) is 19.9 Å². The van der Waals surface area contributed by atoms with E-state index >= 15 is 0 Å². The van der Waals surface area contributed by atoms with Crippen molar-refractivity contribution >= 4 is 64.7 Å². The van der Waals surface area contributed by atoms with E-state index in [9.17, 15) is 14.5 Å². The van der Waals surface area contributed by atoms with Crippen LogP contribution in [0.2, 0.25) is 5.02 Å². The van der Waals surface area contributed by atoms with Crippen LogP contribution >= 0.6 is 19.5 Å². The highest BCUT2D eigenvalue weighted by Crippen LogP contribution is 2.34. The number of benzene rings is 2. The maximum absolute atomic E-state index is 13.6. The van der Waals surface area contributed by atoms with Crippen molar-refractivity contribution in [3.63, 3.8) is 0 Å². The first-order chi connectivity index (χ1) is 15.3. The van der Waals surface area contributed by atoms with Gasteiger partial charge in [-0.25, -0.2) is 4.98 Å². The fraction of sp³-hybridized carbons (Fsp3) is 0.100. The SMILES string of the molecule is CP(C)c1c(Nc2nc(Nc3ccc(F)c([N+](=O)[O-])c3)ncc2Cl)ccc2nccnc12. The lowest BCUT2D eigenvalue weighted by Gasteiger charge is -2.17. The van der Waals surface area contributed by atoms with E-state index in [2.05, 4.69) is 43.9 Å². The molecule has 162 valence electrons. The molecule has 0 amide bonds. The van der Waals surface area contributed by atoms with E-state index < -0.39 is 24.3 Å².